The van der Waals surface area contributed by atoms with E-state index in [1.54, 1.807) is 43.5 Å². The average molecular weight is 288 g/mol. The van der Waals surface area contributed by atoms with Crippen molar-refractivity contribution in [2.45, 2.75) is 0 Å². The van der Waals surface area contributed by atoms with Crippen molar-refractivity contribution in [1.29, 1.82) is 0 Å². The number of fused-ring (bicyclic) bond motifs is 4. The number of benzene rings is 3. The van der Waals surface area contributed by atoms with Gasteiger partial charge in [0.1, 0.15) is 5.75 Å². The quantitative estimate of drug-likeness (QED) is 0.537. The summed E-state index contributed by atoms with van der Waals surface area (Å²) >= 11 is 0. The third-order valence-corrected chi connectivity index (χ3v) is 4.11. The van der Waals surface area contributed by atoms with E-state index < -0.39 is 0 Å². The molecule has 0 saturated heterocycles. The number of ketones is 2. The fraction of sp³-hybridized carbons (Fsp3) is 0.0526. The normalized spacial score (nSPS) is 13.0. The van der Waals surface area contributed by atoms with Gasteiger partial charge in [-0.05, 0) is 35.0 Å². The molecule has 0 bridgehead atoms. The molecule has 0 saturated carbocycles. The first-order valence-corrected chi connectivity index (χ1v) is 7.00. The van der Waals surface area contributed by atoms with Gasteiger partial charge in [0.2, 0.25) is 0 Å². The van der Waals surface area contributed by atoms with Gasteiger partial charge in [0.25, 0.3) is 0 Å². The van der Waals surface area contributed by atoms with Crippen LogP contribution in [0.1, 0.15) is 31.8 Å². The number of carbonyl (C=O) groups excluding carboxylic acids is 2. The highest BCUT2D eigenvalue weighted by Gasteiger charge is 2.30. The highest BCUT2D eigenvalue weighted by atomic mass is 16.5. The van der Waals surface area contributed by atoms with Gasteiger partial charge in [-0.15, -0.1) is 0 Å². The van der Waals surface area contributed by atoms with E-state index in [1.165, 1.54) is 0 Å². The van der Waals surface area contributed by atoms with Crippen molar-refractivity contribution >= 4 is 22.3 Å². The molecule has 0 N–H and O–H groups in total. The summed E-state index contributed by atoms with van der Waals surface area (Å²) in [6.45, 7) is 0. The first-order chi connectivity index (χ1) is 10.7. The van der Waals surface area contributed by atoms with Crippen molar-refractivity contribution in [1.82, 2.24) is 0 Å². The Morgan fingerprint density at radius 1 is 0.773 bits per heavy atom. The number of ether oxygens (including phenoxy) is 1. The van der Waals surface area contributed by atoms with Crippen LogP contribution in [0.5, 0.6) is 5.75 Å². The van der Waals surface area contributed by atoms with Crippen LogP contribution in [-0.4, -0.2) is 18.7 Å². The van der Waals surface area contributed by atoms with Crippen LogP contribution in [0.25, 0.3) is 10.8 Å². The van der Waals surface area contributed by atoms with Crippen LogP contribution in [0.2, 0.25) is 0 Å². The lowest BCUT2D eigenvalue weighted by Gasteiger charge is -2.19. The van der Waals surface area contributed by atoms with Crippen LogP contribution in [0.3, 0.4) is 0 Å². The lowest BCUT2D eigenvalue weighted by Crippen LogP contribution is -2.21. The molecule has 22 heavy (non-hydrogen) atoms. The Labute approximate surface area is 127 Å². The Morgan fingerprint density at radius 2 is 1.50 bits per heavy atom. The van der Waals surface area contributed by atoms with Gasteiger partial charge < -0.3 is 4.74 Å². The standard InChI is InChI=1S/C19H12O3/c1-22-12-7-9-13-11(10-12)6-8-16-17(13)19(21)15-5-3-2-4-14(15)18(16)20/h2-10H,1H3. The molecule has 1 aliphatic rings. The van der Waals surface area contributed by atoms with Gasteiger partial charge >= 0.3 is 0 Å². The van der Waals surface area contributed by atoms with Crippen molar-refractivity contribution in [2.24, 2.45) is 0 Å². The predicted octanol–water partition coefficient (Wildman–Crippen LogP) is 3.62. The Bertz CT molecular complexity index is 954. The zero-order chi connectivity index (χ0) is 15.3. The van der Waals surface area contributed by atoms with Crippen molar-refractivity contribution in [2.75, 3.05) is 7.11 Å². The molecular formula is C19H12O3. The van der Waals surface area contributed by atoms with Gasteiger partial charge in [-0.25, -0.2) is 0 Å². The van der Waals surface area contributed by atoms with E-state index in [2.05, 4.69) is 0 Å². The van der Waals surface area contributed by atoms with Crippen LogP contribution >= 0.6 is 0 Å². The monoisotopic (exact) mass is 288 g/mol. The summed E-state index contributed by atoms with van der Waals surface area (Å²) in [5.74, 6) is 0.534. The molecule has 3 aromatic rings. The summed E-state index contributed by atoms with van der Waals surface area (Å²) in [6.07, 6.45) is 0. The second kappa shape index (κ2) is 4.53. The highest BCUT2D eigenvalue weighted by molar-refractivity contribution is 6.32. The Hall–Kier alpha value is -2.94. The molecule has 0 aliphatic heterocycles. The topological polar surface area (TPSA) is 43.4 Å². The molecule has 0 amide bonds. The van der Waals surface area contributed by atoms with Crippen molar-refractivity contribution in [3.8, 4) is 5.75 Å². The molecule has 3 nitrogen and oxygen atoms in total. The number of methoxy groups -OCH3 is 1. The third-order valence-electron chi connectivity index (χ3n) is 4.11. The number of hydrogen-bond acceptors (Lipinski definition) is 3. The molecule has 4 rings (SSSR count). The summed E-state index contributed by atoms with van der Waals surface area (Å²) in [5.41, 5.74) is 1.92. The second-order valence-electron chi connectivity index (χ2n) is 5.28. The first-order valence-electron chi connectivity index (χ1n) is 7.00. The van der Waals surface area contributed by atoms with Crippen LogP contribution in [-0.2, 0) is 0 Å². The maximum atomic E-state index is 12.8. The van der Waals surface area contributed by atoms with Crippen molar-refractivity contribution in [3.05, 3.63) is 76.9 Å². The predicted molar refractivity (Wildman–Crippen MR) is 83.8 cm³/mol. The van der Waals surface area contributed by atoms with E-state index in [1.807, 2.05) is 18.2 Å². The summed E-state index contributed by atoms with van der Waals surface area (Å²) in [5, 5.41) is 1.67. The van der Waals surface area contributed by atoms with E-state index in [9.17, 15) is 9.59 Å². The molecule has 0 spiro atoms. The molecular weight excluding hydrogens is 276 g/mol. The van der Waals surface area contributed by atoms with Crippen molar-refractivity contribution in [3.63, 3.8) is 0 Å². The largest absolute Gasteiger partial charge is 0.497 e. The minimum absolute atomic E-state index is 0.0945. The summed E-state index contributed by atoms with van der Waals surface area (Å²) in [4.78, 5) is 25.5. The average Bonchev–Trinajstić information content (AvgIpc) is 2.58. The number of rotatable bonds is 1. The first kappa shape index (κ1) is 12.8. The van der Waals surface area contributed by atoms with Gasteiger partial charge in [-0.1, -0.05) is 30.3 Å². The van der Waals surface area contributed by atoms with Crippen LogP contribution < -0.4 is 4.74 Å². The fourth-order valence-electron chi connectivity index (χ4n) is 3.03. The zero-order valence-electron chi connectivity index (χ0n) is 11.9. The second-order valence-corrected chi connectivity index (χ2v) is 5.28. The molecule has 0 aromatic heterocycles. The maximum Gasteiger partial charge on any atom is 0.195 e. The SMILES string of the molecule is COc1ccc2c3c(ccc2c1)C(=O)c1ccccc1C3=O. The molecule has 0 radical (unpaired) electrons. The van der Waals surface area contributed by atoms with Gasteiger partial charge in [0.15, 0.2) is 11.6 Å². The van der Waals surface area contributed by atoms with Crippen LogP contribution in [0.15, 0.2) is 54.6 Å². The Morgan fingerprint density at radius 3 is 2.23 bits per heavy atom. The van der Waals surface area contributed by atoms with E-state index in [0.29, 0.717) is 22.3 Å². The number of carbonyl (C=O) groups is 2. The minimum atomic E-state index is -0.0963. The zero-order valence-corrected chi connectivity index (χ0v) is 11.9. The summed E-state index contributed by atoms with van der Waals surface area (Å²) < 4.78 is 5.22. The van der Waals surface area contributed by atoms with Crippen LogP contribution in [0, 0.1) is 0 Å². The third kappa shape index (κ3) is 1.62. The van der Waals surface area contributed by atoms with Gasteiger partial charge in [-0.3, -0.25) is 9.59 Å². The van der Waals surface area contributed by atoms with E-state index in [-0.39, 0.29) is 11.6 Å². The molecule has 106 valence electrons. The van der Waals surface area contributed by atoms with E-state index in [4.69, 9.17) is 4.74 Å². The van der Waals surface area contributed by atoms with E-state index >= 15 is 0 Å². The molecule has 3 heteroatoms. The molecule has 0 fully saturated rings. The smallest absolute Gasteiger partial charge is 0.195 e. The molecule has 1 aliphatic carbocycles. The Kier molecular flexibility index (Phi) is 2.63. The Balaban J connectivity index is 2.06. The van der Waals surface area contributed by atoms with Gasteiger partial charge in [0.05, 0.1) is 7.11 Å². The lowest BCUT2D eigenvalue weighted by atomic mass is 9.82. The number of hydrogen-bond donors (Lipinski definition) is 0. The van der Waals surface area contributed by atoms with Gasteiger partial charge in [0, 0.05) is 22.3 Å². The molecule has 0 unspecified atom stereocenters. The van der Waals surface area contributed by atoms with E-state index in [0.717, 1.165) is 16.5 Å². The summed E-state index contributed by atoms with van der Waals surface area (Å²) in [7, 11) is 1.60. The highest BCUT2D eigenvalue weighted by Crippen LogP contribution is 2.33. The maximum absolute atomic E-state index is 12.8. The minimum Gasteiger partial charge on any atom is -0.497 e. The summed E-state index contributed by atoms with van der Waals surface area (Å²) in [6, 6.07) is 16.1. The fourth-order valence-corrected chi connectivity index (χ4v) is 3.03. The molecule has 0 atom stereocenters. The lowest BCUT2D eigenvalue weighted by molar-refractivity contribution is 0.0980. The molecule has 3 aromatic carbocycles. The van der Waals surface area contributed by atoms with Crippen molar-refractivity contribution < 1.29 is 14.3 Å². The van der Waals surface area contributed by atoms with Crippen LogP contribution in [0.4, 0.5) is 0 Å². The van der Waals surface area contributed by atoms with Gasteiger partial charge in [-0.2, -0.15) is 0 Å². The molecule has 0 heterocycles.